The van der Waals surface area contributed by atoms with Gasteiger partial charge in [0.15, 0.2) is 5.82 Å². The molecule has 4 N–H and O–H groups in total. The molecule has 0 saturated carbocycles. The summed E-state index contributed by atoms with van der Waals surface area (Å²) in [6.45, 7) is 0.239. The molecular weight excluding hydrogens is 701 g/mol. The van der Waals surface area contributed by atoms with Gasteiger partial charge in [0.1, 0.15) is 24.2 Å². The minimum atomic E-state index is -4.80. The number of para-hydroxylation sites is 1. The molecule has 0 radical (unpaired) electrons. The largest absolute Gasteiger partial charge is 0.416 e. The number of nitrogens with one attached hydrogen (secondary N) is 2. The highest BCUT2D eigenvalue weighted by atomic mass is 19.4. The summed E-state index contributed by atoms with van der Waals surface area (Å²) < 4.78 is 101. The fourth-order valence-corrected chi connectivity index (χ4v) is 5.79. The van der Waals surface area contributed by atoms with Crippen LogP contribution in [-0.2, 0) is 17.5 Å². The zero-order valence-corrected chi connectivity index (χ0v) is 26.9. The van der Waals surface area contributed by atoms with Gasteiger partial charge < -0.3 is 21.1 Å². The van der Waals surface area contributed by atoms with Crippen molar-refractivity contribution in [2.45, 2.75) is 18.9 Å². The molecule has 1 aliphatic heterocycles. The van der Waals surface area contributed by atoms with E-state index < -0.39 is 47.9 Å². The molecule has 3 aromatic carbocycles. The average Bonchev–Trinajstić information content (AvgIpc) is 3.43. The number of anilines is 4. The third-order valence-corrected chi connectivity index (χ3v) is 8.17. The summed E-state index contributed by atoms with van der Waals surface area (Å²) in [6, 6.07) is 14.4. The summed E-state index contributed by atoms with van der Waals surface area (Å²) in [6.07, 6.45) is -8.36. The first-order valence-corrected chi connectivity index (χ1v) is 15.6. The van der Waals surface area contributed by atoms with Crippen LogP contribution in [0.4, 0.5) is 58.4 Å². The van der Waals surface area contributed by atoms with Gasteiger partial charge in [-0.3, -0.25) is 14.6 Å². The van der Waals surface area contributed by atoms with Crippen LogP contribution in [0.15, 0.2) is 79.1 Å². The number of nitrogens with zero attached hydrogens (tertiary/aromatic N) is 5. The lowest BCUT2D eigenvalue weighted by atomic mass is 9.99. The highest BCUT2D eigenvalue weighted by molar-refractivity contribution is 6.10. The summed E-state index contributed by atoms with van der Waals surface area (Å²) in [4.78, 5) is 34.4. The molecule has 11 nitrogen and oxygen atoms in total. The molecule has 0 spiro atoms. The van der Waals surface area contributed by atoms with Crippen LogP contribution >= 0.6 is 0 Å². The number of urea groups is 1. The van der Waals surface area contributed by atoms with Crippen LogP contribution in [0.3, 0.4) is 0 Å². The van der Waals surface area contributed by atoms with Crippen LogP contribution in [0.5, 0.6) is 0 Å². The number of morpholine rings is 1. The predicted octanol–water partition coefficient (Wildman–Crippen LogP) is 6.63. The van der Waals surface area contributed by atoms with Crippen LogP contribution < -0.4 is 21.3 Å². The van der Waals surface area contributed by atoms with Gasteiger partial charge in [0.25, 0.3) is 5.91 Å². The monoisotopic (exact) mass is 730 g/mol. The molecular formula is C34H29F7N8O3. The van der Waals surface area contributed by atoms with Crippen molar-refractivity contribution in [1.29, 1.82) is 0 Å². The zero-order chi connectivity index (χ0) is 37.2. The summed E-state index contributed by atoms with van der Waals surface area (Å²) in [5.74, 6) is -2.21. The van der Waals surface area contributed by atoms with E-state index in [-0.39, 0.29) is 51.6 Å². The predicted molar refractivity (Wildman–Crippen MR) is 176 cm³/mol. The van der Waals surface area contributed by atoms with Crippen LogP contribution in [0.2, 0.25) is 0 Å². The van der Waals surface area contributed by atoms with Crippen LogP contribution in [0, 0.1) is 5.82 Å². The van der Waals surface area contributed by atoms with Crippen LogP contribution in [0.25, 0.3) is 16.6 Å². The third-order valence-electron chi connectivity index (χ3n) is 8.17. The Morgan fingerprint density at radius 1 is 0.923 bits per heavy atom. The molecule has 0 aliphatic carbocycles. The van der Waals surface area contributed by atoms with Crippen molar-refractivity contribution >= 4 is 40.3 Å². The van der Waals surface area contributed by atoms with Crippen molar-refractivity contribution in [1.82, 2.24) is 24.8 Å². The van der Waals surface area contributed by atoms with Gasteiger partial charge in [-0.2, -0.15) is 31.4 Å². The SMILES string of the molecule is Nc1ncnn2c(CN3CCOCC3)c(C(=O)NCC(F)(F)F)c(-c3ccc(N(C(=O)Nc4cc(C(F)(F)F)ccc4F)c4ccccc4)cc3)c12. The first-order chi connectivity index (χ1) is 24.7. The first-order valence-electron chi connectivity index (χ1n) is 15.6. The summed E-state index contributed by atoms with van der Waals surface area (Å²) in [5, 5.41) is 8.44. The van der Waals surface area contributed by atoms with Crippen LogP contribution in [-0.4, -0.2) is 70.5 Å². The lowest BCUT2D eigenvalue weighted by Crippen LogP contribution is -2.37. The third kappa shape index (κ3) is 7.76. The number of hydrogen-bond donors (Lipinski definition) is 3. The topological polar surface area (TPSA) is 130 Å². The van der Waals surface area contributed by atoms with Gasteiger partial charge in [-0.15, -0.1) is 0 Å². The van der Waals surface area contributed by atoms with Crippen LogP contribution in [0.1, 0.15) is 21.6 Å². The molecule has 3 amide bonds. The Morgan fingerprint density at radius 3 is 2.25 bits per heavy atom. The first kappa shape index (κ1) is 36.1. The summed E-state index contributed by atoms with van der Waals surface area (Å²) >= 11 is 0. The Balaban J connectivity index is 1.44. The maximum atomic E-state index is 14.6. The molecule has 0 bridgehead atoms. The molecule has 3 heterocycles. The minimum Gasteiger partial charge on any atom is -0.382 e. The normalized spacial score (nSPS) is 14.0. The van der Waals surface area contributed by atoms with E-state index >= 15 is 0 Å². The van der Waals surface area contributed by atoms with E-state index in [4.69, 9.17) is 10.5 Å². The number of fused-ring (bicyclic) bond motifs is 1. The number of amides is 3. The zero-order valence-electron chi connectivity index (χ0n) is 26.9. The van der Waals surface area contributed by atoms with E-state index in [1.165, 1.54) is 40.9 Å². The maximum Gasteiger partial charge on any atom is 0.416 e. The molecule has 272 valence electrons. The number of nitrogen functional groups attached to an aromatic ring is 1. The number of nitrogens with two attached hydrogens (primary N) is 1. The molecule has 0 unspecified atom stereocenters. The molecule has 1 fully saturated rings. The smallest absolute Gasteiger partial charge is 0.382 e. The van der Waals surface area contributed by atoms with Gasteiger partial charge in [0.05, 0.1) is 47.1 Å². The fourth-order valence-electron chi connectivity index (χ4n) is 5.79. The van der Waals surface area contributed by atoms with E-state index in [9.17, 15) is 40.3 Å². The van der Waals surface area contributed by atoms with Gasteiger partial charge in [-0.1, -0.05) is 30.3 Å². The summed E-state index contributed by atoms with van der Waals surface area (Å²) in [7, 11) is 0. The number of carbonyl (C=O) groups is 2. The van der Waals surface area contributed by atoms with E-state index in [1.54, 1.807) is 18.2 Å². The Bertz CT molecular complexity index is 2080. The van der Waals surface area contributed by atoms with Crippen molar-refractivity contribution in [2.24, 2.45) is 0 Å². The standard InChI is InChI=1S/C34H29F7N8O3/c35-24-11-8-21(34(39,40)41)16-25(24)46-32(51)48(22-4-2-1-3-5-22)23-9-6-20(7-10-23)27-28(31(50)43-18-33(36,37)38)26(17-47-12-14-52-15-13-47)49-29(27)30(42)44-19-45-49/h1-11,16,19H,12-15,17-18H2,(H,43,50)(H,46,51)(H2,42,44,45). The molecule has 6 rings (SSSR count). The number of ether oxygens (including phenoxy) is 1. The second-order valence-corrected chi connectivity index (χ2v) is 11.6. The highest BCUT2D eigenvalue weighted by Crippen LogP contribution is 2.38. The lowest BCUT2D eigenvalue weighted by Gasteiger charge is -2.26. The Hall–Kier alpha value is -5.75. The fraction of sp³-hybridized carbons (Fsp3) is 0.235. The van der Waals surface area contributed by atoms with Gasteiger partial charge in [-0.25, -0.2) is 18.7 Å². The molecule has 52 heavy (non-hydrogen) atoms. The maximum absolute atomic E-state index is 14.6. The molecule has 5 aromatic rings. The second-order valence-electron chi connectivity index (χ2n) is 11.6. The number of halogens is 7. The molecule has 0 atom stereocenters. The van der Waals surface area contributed by atoms with Crippen molar-refractivity contribution in [3.05, 3.63) is 102 Å². The number of carbonyl (C=O) groups excluding carboxylic acids is 2. The van der Waals surface area contributed by atoms with Gasteiger partial charge >= 0.3 is 18.4 Å². The number of alkyl halides is 6. The second kappa shape index (κ2) is 14.5. The minimum absolute atomic E-state index is 0.0689. The molecule has 1 saturated heterocycles. The van der Waals surface area contributed by atoms with E-state index in [2.05, 4.69) is 15.4 Å². The van der Waals surface area contributed by atoms with E-state index in [0.29, 0.717) is 44.5 Å². The molecule has 2 aromatic heterocycles. The van der Waals surface area contributed by atoms with Gasteiger partial charge in [0, 0.05) is 25.2 Å². The average molecular weight is 731 g/mol. The number of hydrogen-bond acceptors (Lipinski definition) is 7. The number of aromatic nitrogens is 3. The lowest BCUT2D eigenvalue weighted by molar-refractivity contribution is -0.137. The van der Waals surface area contributed by atoms with Crippen molar-refractivity contribution in [3.8, 4) is 11.1 Å². The van der Waals surface area contributed by atoms with E-state index in [0.717, 1.165) is 11.2 Å². The van der Waals surface area contributed by atoms with E-state index in [1.807, 2.05) is 10.2 Å². The molecule has 1 aliphatic rings. The number of benzene rings is 3. The van der Waals surface area contributed by atoms with Gasteiger partial charge in [-0.05, 0) is 48.0 Å². The number of rotatable bonds is 8. The molecule has 18 heteroatoms. The van der Waals surface area contributed by atoms with Crippen molar-refractivity contribution in [2.75, 3.05) is 48.8 Å². The Morgan fingerprint density at radius 2 is 1.60 bits per heavy atom. The van der Waals surface area contributed by atoms with Crippen molar-refractivity contribution < 1.29 is 45.1 Å². The Kier molecular flexibility index (Phi) is 10.0. The van der Waals surface area contributed by atoms with Gasteiger partial charge in [0.2, 0.25) is 0 Å². The Labute approximate surface area is 290 Å². The van der Waals surface area contributed by atoms with Crippen molar-refractivity contribution in [3.63, 3.8) is 0 Å². The summed E-state index contributed by atoms with van der Waals surface area (Å²) in [5.41, 5.74) is 5.48. The highest BCUT2D eigenvalue weighted by Gasteiger charge is 2.34. The quantitative estimate of drug-likeness (QED) is 0.153.